The Morgan fingerprint density at radius 3 is 2.41 bits per heavy atom. The number of allylic oxidation sites excluding steroid dienone is 2. The molecule has 0 amide bonds. The molecule has 17 heavy (non-hydrogen) atoms. The van der Waals surface area contributed by atoms with E-state index in [1.54, 1.807) is 0 Å². The second kappa shape index (κ2) is 13.2. The molecule has 3 heteroatoms. The third-order valence-electron chi connectivity index (χ3n) is 2.47. The highest BCUT2D eigenvalue weighted by Gasteiger charge is 1.96. The van der Waals surface area contributed by atoms with Gasteiger partial charge < -0.3 is 9.47 Å². The zero-order valence-corrected chi connectivity index (χ0v) is 11.2. The van der Waals surface area contributed by atoms with Crippen LogP contribution in [0.3, 0.4) is 0 Å². The van der Waals surface area contributed by atoms with Crippen molar-refractivity contribution in [1.82, 2.24) is 0 Å². The summed E-state index contributed by atoms with van der Waals surface area (Å²) in [5, 5.41) is 0. The maximum absolute atomic E-state index is 10.7. The van der Waals surface area contributed by atoms with Crippen molar-refractivity contribution in [1.29, 1.82) is 0 Å². The van der Waals surface area contributed by atoms with E-state index in [2.05, 4.69) is 13.8 Å². The van der Waals surface area contributed by atoms with Crippen LogP contribution in [-0.4, -0.2) is 19.7 Å². The molecule has 0 atom stereocenters. The molecule has 0 saturated carbocycles. The van der Waals surface area contributed by atoms with Crippen LogP contribution in [0, 0.1) is 0 Å². The molecule has 0 heterocycles. The highest BCUT2D eigenvalue weighted by molar-refractivity contribution is 5.69. The SMILES string of the molecule is CCCCC/C=C(\C=O)OCOCCCCC. The summed E-state index contributed by atoms with van der Waals surface area (Å²) in [6.07, 6.45) is 10.4. The Labute approximate surface area is 105 Å². The molecule has 0 aliphatic rings. The van der Waals surface area contributed by atoms with Gasteiger partial charge in [-0.3, -0.25) is 4.79 Å². The van der Waals surface area contributed by atoms with Gasteiger partial charge in [-0.1, -0.05) is 39.5 Å². The minimum Gasteiger partial charge on any atom is -0.464 e. The van der Waals surface area contributed by atoms with Crippen LogP contribution in [0.4, 0.5) is 0 Å². The Kier molecular flexibility index (Phi) is 12.6. The topological polar surface area (TPSA) is 35.5 Å². The molecule has 0 radical (unpaired) electrons. The lowest BCUT2D eigenvalue weighted by Gasteiger charge is -2.06. The number of hydrogen-bond acceptors (Lipinski definition) is 3. The maximum Gasteiger partial charge on any atom is 0.189 e. The van der Waals surface area contributed by atoms with Gasteiger partial charge in [-0.15, -0.1) is 0 Å². The summed E-state index contributed by atoms with van der Waals surface area (Å²) in [5.74, 6) is 0.400. The summed E-state index contributed by atoms with van der Waals surface area (Å²) in [5.41, 5.74) is 0. The molecule has 3 nitrogen and oxygen atoms in total. The maximum atomic E-state index is 10.7. The Morgan fingerprint density at radius 1 is 1.06 bits per heavy atom. The van der Waals surface area contributed by atoms with Crippen LogP contribution in [0.5, 0.6) is 0 Å². The standard InChI is InChI=1S/C14H26O3/c1-3-5-7-8-10-14(12-15)17-13-16-11-9-6-4-2/h10,12H,3-9,11,13H2,1-2H3/b14-10+. The lowest BCUT2D eigenvalue weighted by molar-refractivity contribution is -0.111. The number of carbonyl (C=O) groups is 1. The van der Waals surface area contributed by atoms with Crippen LogP contribution < -0.4 is 0 Å². The van der Waals surface area contributed by atoms with Crippen LogP contribution in [0.15, 0.2) is 11.8 Å². The van der Waals surface area contributed by atoms with Gasteiger partial charge in [-0.05, 0) is 25.3 Å². The van der Waals surface area contributed by atoms with E-state index in [9.17, 15) is 4.79 Å². The van der Waals surface area contributed by atoms with Gasteiger partial charge in [-0.25, -0.2) is 0 Å². The second-order valence-corrected chi connectivity index (χ2v) is 4.10. The van der Waals surface area contributed by atoms with Crippen molar-refractivity contribution in [3.05, 3.63) is 11.8 Å². The molecular formula is C14H26O3. The highest BCUT2D eigenvalue weighted by atomic mass is 16.7. The third-order valence-corrected chi connectivity index (χ3v) is 2.47. The van der Waals surface area contributed by atoms with E-state index in [-0.39, 0.29) is 6.79 Å². The molecule has 0 fully saturated rings. The summed E-state index contributed by atoms with van der Waals surface area (Å²) in [6.45, 7) is 5.20. The molecular weight excluding hydrogens is 216 g/mol. The molecule has 0 aromatic rings. The van der Waals surface area contributed by atoms with Crippen LogP contribution in [-0.2, 0) is 14.3 Å². The summed E-state index contributed by atoms with van der Waals surface area (Å²) in [6, 6.07) is 0. The zero-order chi connectivity index (χ0) is 12.8. The molecule has 0 rings (SSSR count). The average molecular weight is 242 g/mol. The molecule has 0 N–H and O–H groups in total. The van der Waals surface area contributed by atoms with Crippen LogP contribution in [0.25, 0.3) is 0 Å². The first-order chi connectivity index (χ1) is 8.35. The predicted molar refractivity (Wildman–Crippen MR) is 69.7 cm³/mol. The van der Waals surface area contributed by atoms with Crippen molar-refractivity contribution < 1.29 is 14.3 Å². The fourth-order valence-corrected chi connectivity index (χ4v) is 1.40. The summed E-state index contributed by atoms with van der Waals surface area (Å²) in [7, 11) is 0. The first-order valence-corrected chi connectivity index (χ1v) is 6.71. The molecule has 0 bridgehead atoms. The molecule has 0 aromatic heterocycles. The van der Waals surface area contributed by atoms with Crippen LogP contribution in [0.1, 0.15) is 58.8 Å². The third kappa shape index (κ3) is 11.4. The summed E-state index contributed by atoms with van der Waals surface area (Å²) in [4.78, 5) is 10.7. The zero-order valence-electron chi connectivity index (χ0n) is 11.2. The Hall–Kier alpha value is -0.830. The first kappa shape index (κ1) is 16.2. The minimum atomic E-state index is 0.183. The van der Waals surface area contributed by atoms with Gasteiger partial charge in [0.15, 0.2) is 18.8 Å². The number of rotatable bonds is 12. The number of aldehydes is 1. The van der Waals surface area contributed by atoms with Gasteiger partial charge in [0.25, 0.3) is 0 Å². The van der Waals surface area contributed by atoms with E-state index < -0.39 is 0 Å². The average Bonchev–Trinajstić information content (AvgIpc) is 2.36. The lowest BCUT2D eigenvalue weighted by atomic mass is 10.2. The molecule has 0 saturated heterocycles. The fourth-order valence-electron chi connectivity index (χ4n) is 1.40. The van der Waals surface area contributed by atoms with Gasteiger partial charge in [0.2, 0.25) is 0 Å². The summed E-state index contributed by atoms with van der Waals surface area (Å²) >= 11 is 0. The molecule has 0 unspecified atom stereocenters. The summed E-state index contributed by atoms with van der Waals surface area (Å²) < 4.78 is 10.5. The largest absolute Gasteiger partial charge is 0.464 e. The molecule has 0 aromatic carbocycles. The van der Waals surface area contributed by atoms with Gasteiger partial charge in [0.05, 0.1) is 6.61 Å². The van der Waals surface area contributed by atoms with Crippen LogP contribution >= 0.6 is 0 Å². The van der Waals surface area contributed by atoms with Crippen LogP contribution in [0.2, 0.25) is 0 Å². The van der Waals surface area contributed by atoms with Crippen molar-refractivity contribution in [3.8, 4) is 0 Å². The number of hydrogen-bond donors (Lipinski definition) is 0. The molecule has 100 valence electrons. The minimum absolute atomic E-state index is 0.183. The van der Waals surface area contributed by atoms with E-state index in [1.807, 2.05) is 6.08 Å². The second-order valence-electron chi connectivity index (χ2n) is 4.10. The van der Waals surface area contributed by atoms with Gasteiger partial charge in [0, 0.05) is 0 Å². The Bertz CT molecular complexity index is 200. The number of ether oxygens (including phenoxy) is 2. The van der Waals surface area contributed by atoms with Crippen molar-refractivity contribution in [2.75, 3.05) is 13.4 Å². The fraction of sp³-hybridized carbons (Fsp3) is 0.786. The molecule has 0 aliphatic carbocycles. The normalized spacial score (nSPS) is 11.5. The van der Waals surface area contributed by atoms with Crippen molar-refractivity contribution in [3.63, 3.8) is 0 Å². The van der Waals surface area contributed by atoms with E-state index in [0.29, 0.717) is 12.4 Å². The smallest absolute Gasteiger partial charge is 0.189 e. The lowest BCUT2D eigenvalue weighted by Crippen LogP contribution is -2.02. The number of unbranched alkanes of at least 4 members (excludes halogenated alkanes) is 5. The quantitative estimate of drug-likeness (QED) is 0.171. The molecule has 0 spiro atoms. The number of carbonyl (C=O) groups excluding carboxylic acids is 1. The Morgan fingerprint density at radius 2 is 1.76 bits per heavy atom. The van der Waals surface area contributed by atoms with Gasteiger partial charge >= 0.3 is 0 Å². The van der Waals surface area contributed by atoms with Gasteiger partial charge in [0.1, 0.15) is 0 Å². The van der Waals surface area contributed by atoms with E-state index in [0.717, 1.165) is 25.5 Å². The van der Waals surface area contributed by atoms with E-state index >= 15 is 0 Å². The van der Waals surface area contributed by atoms with E-state index in [4.69, 9.17) is 9.47 Å². The first-order valence-electron chi connectivity index (χ1n) is 6.71. The predicted octanol–water partition coefficient (Wildman–Crippen LogP) is 3.83. The Balaban J connectivity index is 3.49. The van der Waals surface area contributed by atoms with E-state index in [1.165, 1.54) is 25.7 Å². The van der Waals surface area contributed by atoms with Crippen molar-refractivity contribution in [2.45, 2.75) is 58.8 Å². The van der Waals surface area contributed by atoms with Crippen molar-refractivity contribution in [2.24, 2.45) is 0 Å². The monoisotopic (exact) mass is 242 g/mol. The molecule has 0 aliphatic heterocycles. The highest BCUT2D eigenvalue weighted by Crippen LogP contribution is 2.04. The van der Waals surface area contributed by atoms with Crippen molar-refractivity contribution >= 4 is 6.29 Å². The van der Waals surface area contributed by atoms with Gasteiger partial charge in [-0.2, -0.15) is 0 Å².